The molecule has 0 spiro atoms. The molecule has 0 aliphatic heterocycles. The van der Waals surface area contributed by atoms with Crippen molar-refractivity contribution in [1.82, 2.24) is 0 Å². The number of carbonyl (C=O) groups excluding carboxylic acids is 3. The van der Waals surface area contributed by atoms with Gasteiger partial charge in [-0.3, -0.25) is 14.4 Å². The summed E-state index contributed by atoms with van der Waals surface area (Å²) >= 11 is 0. The van der Waals surface area contributed by atoms with Crippen molar-refractivity contribution in [3.8, 4) is 0 Å². The molecule has 1 rings (SSSR count). The Morgan fingerprint density at radius 2 is 0.733 bits per heavy atom. The van der Waals surface area contributed by atoms with Crippen LogP contribution in [0.1, 0.15) is 81.6 Å². The van der Waals surface area contributed by atoms with Crippen molar-refractivity contribution in [3.63, 3.8) is 0 Å². The van der Waals surface area contributed by atoms with Gasteiger partial charge < -0.3 is 16.0 Å². The first-order valence-corrected chi connectivity index (χ1v) is 10.5. The fourth-order valence-electron chi connectivity index (χ4n) is 2.90. The van der Waals surface area contributed by atoms with Gasteiger partial charge in [0.25, 0.3) is 0 Å². The van der Waals surface area contributed by atoms with Gasteiger partial charge in [0.05, 0.1) is 0 Å². The summed E-state index contributed by atoms with van der Waals surface area (Å²) in [7, 11) is 0. The van der Waals surface area contributed by atoms with Crippen LogP contribution in [0, 0.1) is 16.2 Å². The topological polar surface area (TPSA) is 87.3 Å². The highest BCUT2D eigenvalue weighted by atomic mass is 16.2. The Morgan fingerprint density at radius 3 is 0.900 bits per heavy atom. The van der Waals surface area contributed by atoms with E-state index in [9.17, 15) is 14.4 Å². The summed E-state index contributed by atoms with van der Waals surface area (Å²) in [5.74, 6) is -0.354. The van der Waals surface area contributed by atoms with Crippen molar-refractivity contribution in [2.75, 3.05) is 16.0 Å². The van der Waals surface area contributed by atoms with Crippen LogP contribution in [0.5, 0.6) is 0 Å². The van der Waals surface area contributed by atoms with E-state index in [1.54, 1.807) is 18.2 Å². The molecule has 0 saturated carbocycles. The molecule has 3 N–H and O–H groups in total. The molecule has 0 atom stereocenters. The number of rotatable bonds is 6. The zero-order chi connectivity index (χ0) is 23.3. The van der Waals surface area contributed by atoms with Gasteiger partial charge in [-0.05, 0) is 34.4 Å². The normalized spacial score (nSPS) is 12.3. The minimum absolute atomic E-state index is 0.118. The molecular formula is C24H39N3O3. The number of amides is 3. The molecule has 30 heavy (non-hydrogen) atoms. The SMILES string of the molecule is CC(C)(C)CC(=O)Nc1cc(NC(=O)CC(C)(C)C)cc(NC(=O)CC(C)(C)C)c1. The summed E-state index contributed by atoms with van der Waals surface area (Å²) in [4.78, 5) is 37.2. The van der Waals surface area contributed by atoms with Crippen LogP contribution in [-0.4, -0.2) is 17.7 Å². The third-order valence-corrected chi connectivity index (χ3v) is 3.86. The average molecular weight is 418 g/mol. The second-order valence-electron chi connectivity index (χ2n) is 11.7. The van der Waals surface area contributed by atoms with Crippen LogP contribution in [0.2, 0.25) is 0 Å². The second-order valence-corrected chi connectivity index (χ2v) is 11.7. The second kappa shape index (κ2) is 9.63. The van der Waals surface area contributed by atoms with Gasteiger partial charge in [-0.25, -0.2) is 0 Å². The lowest BCUT2D eigenvalue weighted by Crippen LogP contribution is -2.22. The van der Waals surface area contributed by atoms with Crippen molar-refractivity contribution in [3.05, 3.63) is 18.2 Å². The third-order valence-electron chi connectivity index (χ3n) is 3.86. The molecule has 0 aromatic heterocycles. The quantitative estimate of drug-likeness (QED) is 0.546. The van der Waals surface area contributed by atoms with E-state index in [1.165, 1.54) is 0 Å². The summed E-state index contributed by atoms with van der Waals surface area (Å²) in [6.07, 6.45) is 1.08. The van der Waals surface area contributed by atoms with Crippen molar-refractivity contribution < 1.29 is 14.4 Å². The van der Waals surface area contributed by atoms with Crippen LogP contribution in [0.25, 0.3) is 0 Å². The van der Waals surface area contributed by atoms with E-state index < -0.39 is 0 Å². The molecule has 0 aliphatic carbocycles. The first-order valence-electron chi connectivity index (χ1n) is 10.5. The van der Waals surface area contributed by atoms with Crippen molar-refractivity contribution >= 4 is 34.8 Å². The Hall–Kier alpha value is -2.37. The predicted octanol–water partition coefficient (Wildman–Crippen LogP) is 5.81. The largest absolute Gasteiger partial charge is 0.326 e. The predicted molar refractivity (Wildman–Crippen MR) is 125 cm³/mol. The summed E-state index contributed by atoms with van der Waals surface area (Å²) < 4.78 is 0. The Kier molecular flexibility index (Phi) is 8.24. The maximum atomic E-state index is 12.4. The standard InChI is InChI=1S/C24H39N3O3/c1-22(2,3)13-19(28)25-16-10-17(26-20(29)14-23(4,5)6)12-18(11-16)27-21(30)15-24(7,8)9/h10-12H,13-15H2,1-9H3,(H,25,28)(H,26,29)(H,27,30). The molecule has 0 saturated heterocycles. The molecule has 6 nitrogen and oxygen atoms in total. The molecule has 6 heteroatoms. The van der Waals surface area contributed by atoms with Gasteiger partial charge in [0.2, 0.25) is 17.7 Å². The maximum Gasteiger partial charge on any atom is 0.224 e. The third kappa shape index (κ3) is 11.6. The van der Waals surface area contributed by atoms with E-state index in [4.69, 9.17) is 0 Å². The first-order chi connectivity index (χ1) is 13.4. The average Bonchev–Trinajstić information content (AvgIpc) is 2.39. The molecule has 168 valence electrons. The molecule has 0 unspecified atom stereocenters. The fraction of sp³-hybridized carbons (Fsp3) is 0.625. The van der Waals surface area contributed by atoms with Crippen LogP contribution < -0.4 is 16.0 Å². The van der Waals surface area contributed by atoms with Gasteiger partial charge in [-0.15, -0.1) is 0 Å². The molecular weight excluding hydrogens is 378 g/mol. The van der Waals surface area contributed by atoms with Crippen LogP contribution in [0.15, 0.2) is 18.2 Å². The molecule has 3 amide bonds. The first kappa shape index (κ1) is 25.7. The van der Waals surface area contributed by atoms with E-state index in [0.717, 1.165) is 0 Å². The summed E-state index contributed by atoms with van der Waals surface area (Å²) in [6, 6.07) is 5.13. The molecule has 0 aliphatic rings. The monoisotopic (exact) mass is 417 g/mol. The molecule has 0 bridgehead atoms. The van der Waals surface area contributed by atoms with Crippen LogP contribution in [-0.2, 0) is 14.4 Å². The Bertz CT molecular complexity index is 661. The Labute approximate surface area is 181 Å². The van der Waals surface area contributed by atoms with Crippen LogP contribution in [0.4, 0.5) is 17.1 Å². The highest BCUT2D eigenvalue weighted by Gasteiger charge is 2.20. The fourth-order valence-corrected chi connectivity index (χ4v) is 2.90. The Morgan fingerprint density at radius 1 is 0.533 bits per heavy atom. The van der Waals surface area contributed by atoms with E-state index >= 15 is 0 Å². The van der Waals surface area contributed by atoms with E-state index in [1.807, 2.05) is 62.3 Å². The van der Waals surface area contributed by atoms with Gasteiger partial charge in [0.15, 0.2) is 0 Å². The number of hydrogen-bond acceptors (Lipinski definition) is 3. The maximum absolute atomic E-state index is 12.4. The summed E-state index contributed by atoms with van der Waals surface area (Å²) in [5.41, 5.74) is 1.15. The smallest absolute Gasteiger partial charge is 0.224 e. The number of carbonyl (C=O) groups is 3. The van der Waals surface area contributed by atoms with Gasteiger partial charge in [-0.2, -0.15) is 0 Å². The van der Waals surface area contributed by atoms with Crippen LogP contribution >= 0.6 is 0 Å². The number of benzene rings is 1. The minimum atomic E-state index is -0.146. The van der Waals surface area contributed by atoms with E-state index in [0.29, 0.717) is 36.3 Å². The molecule has 0 radical (unpaired) electrons. The van der Waals surface area contributed by atoms with E-state index in [2.05, 4.69) is 16.0 Å². The van der Waals surface area contributed by atoms with Crippen molar-refractivity contribution in [2.24, 2.45) is 16.2 Å². The summed E-state index contributed by atoms with van der Waals surface area (Å²) in [6.45, 7) is 17.9. The van der Waals surface area contributed by atoms with Crippen molar-refractivity contribution in [1.29, 1.82) is 0 Å². The highest BCUT2D eigenvalue weighted by Crippen LogP contribution is 2.27. The number of anilines is 3. The highest BCUT2D eigenvalue weighted by molar-refractivity contribution is 5.98. The zero-order valence-electron chi connectivity index (χ0n) is 20.1. The Balaban J connectivity index is 3.09. The molecule has 0 fully saturated rings. The summed E-state index contributed by atoms with van der Waals surface area (Å²) in [5, 5.41) is 8.64. The lowest BCUT2D eigenvalue weighted by Gasteiger charge is -2.20. The molecule has 1 aromatic rings. The lowest BCUT2D eigenvalue weighted by atomic mass is 9.92. The van der Waals surface area contributed by atoms with Crippen LogP contribution in [0.3, 0.4) is 0 Å². The number of nitrogens with one attached hydrogen (secondary N) is 3. The lowest BCUT2D eigenvalue weighted by molar-refractivity contribution is -0.118. The van der Waals surface area contributed by atoms with Gasteiger partial charge in [0, 0.05) is 36.3 Å². The minimum Gasteiger partial charge on any atom is -0.326 e. The van der Waals surface area contributed by atoms with Gasteiger partial charge in [0.1, 0.15) is 0 Å². The van der Waals surface area contributed by atoms with Gasteiger partial charge in [-0.1, -0.05) is 62.3 Å². The number of hydrogen-bond donors (Lipinski definition) is 3. The zero-order valence-corrected chi connectivity index (χ0v) is 20.1. The molecule has 1 aromatic carbocycles. The van der Waals surface area contributed by atoms with Gasteiger partial charge >= 0.3 is 0 Å². The molecule has 0 heterocycles. The van der Waals surface area contributed by atoms with Crippen molar-refractivity contribution in [2.45, 2.75) is 81.6 Å². The van der Waals surface area contributed by atoms with E-state index in [-0.39, 0.29) is 34.0 Å².